The van der Waals surface area contributed by atoms with Crippen molar-refractivity contribution in [3.8, 4) is 0 Å². The number of nitrogens with one attached hydrogen (secondary N) is 1. The number of allylic oxidation sites excluding steroid dienone is 1. The average Bonchev–Trinajstić information content (AvgIpc) is 3.17. The summed E-state index contributed by atoms with van der Waals surface area (Å²) in [7, 11) is 1.76. The fraction of sp³-hybridized carbons (Fsp3) is 0.667. The Kier molecular flexibility index (Phi) is 7.66. The van der Waals surface area contributed by atoms with E-state index in [9.17, 15) is 14.4 Å². The summed E-state index contributed by atoms with van der Waals surface area (Å²) in [5.41, 5.74) is -1.03. The van der Waals surface area contributed by atoms with Gasteiger partial charge < -0.3 is 19.9 Å². The van der Waals surface area contributed by atoms with Crippen molar-refractivity contribution in [3.05, 3.63) is 25.3 Å². The van der Waals surface area contributed by atoms with E-state index in [1.54, 1.807) is 29.8 Å². The number of esters is 1. The van der Waals surface area contributed by atoms with Gasteiger partial charge in [0.15, 0.2) is 0 Å². The van der Waals surface area contributed by atoms with Gasteiger partial charge in [-0.3, -0.25) is 4.79 Å². The molecule has 1 aliphatic heterocycles. The van der Waals surface area contributed by atoms with Crippen molar-refractivity contribution in [2.24, 2.45) is 5.92 Å². The summed E-state index contributed by atoms with van der Waals surface area (Å²) in [5, 5.41) is 2.87. The number of hydrogen-bond donors (Lipinski definition) is 1. The molecule has 0 aromatic heterocycles. The minimum atomic E-state index is -1.03. The van der Waals surface area contributed by atoms with Gasteiger partial charge in [-0.1, -0.05) is 12.2 Å². The fourth-order valence-electron chi connectivity index (χ4n) is 3.79. The third kappa shape index (κ3) is 4.75. The summed E-state index contributed by atoms with van der Waals surface area (Å²) in [6, 6.07) is -0.696. The fourth-order valence-corrected chi connectivity index (χ4v) is 3.79. The maximum atomic E-state index is 12.9. The highest BCUT2D eigenvalue weighted by atomic mass is 16.5. The average molecular weight is 392 g/mol. The normalized spacial score (nSPS) is 25.7. The van der Waals surface area contributed by atoms with Crippen molar-refractivity contribution in [2.75, 3.05) is 26.7 Å². The first kappa shape index (κ1) is 22.0. The molecule has 7 heteroatoms. The molecule has 156 valence electrons. The Morgan fingerprint density at radius 1 is 1.32 bits per heavy atom. The molecule has 0 radical (unpaired) electrons. The van der Waals surface area contributed by atoms with Crippen molar-refractivity contribution >= 4 is 17.9 Å². The van der Waals surface area contributed by atoms with Crippen LogP contribution in [0.25, 0.3) is 0 Å². The zero-order valence-electron chi connectivity index (χ0n) is 17.1. The van der Waals surface area contributed by atoms with E-state index in [4.69, 9.17) is 4.74 Å². The van der Waals surface area contributed by atoms with E-state index >= 15 is 0 Å². The Balaban J connectivity index is 1.98. The standard InChI is InChI=1S/C21H33N3O4/c1-5-8-9-10-13-23(4)20(27)24-14-11-12-17(24)18(25)22-21(15-16(21)6-2)19(26)28-7-3/h5-6,16-17H,1-2,7-15H2,3-4H3,(H,22,25)/t16-,17+,21-/m1/s1. The van der Waals surface area contributed by atoms with Crippen LogP contribution < -0.4 is 5.32 Å². The van der Waals surface area contributed by atoms with E-state index < -0.39 is 17.6 Å². The van der Waals surface area contributed by atoms with Crippen LogP contribution in [-0.4, -0.2) is 66.0 Å². The zero-order chi connectivity index (χ0) is 20.7. The van der Waals surface area contributed by atoms with E-state index in [1.165, 1.54) is 0 Å². The number of carbonyl (C=O) groups is 3. The molecule has 1 saturated heterocycles. The molecule has 1 N–H and O–H groups in total. The molecule has 3 atom stereocenters. The molecule has 2 fully saturated rings. The Hall–Kier alpha value is -2.31. The van der Waals surface area contributed by atoms with Gasteiger partial charge in [-0.25, -0.2) is 9.59 Å². The molecular weight excluding hydrogens is 358 g/mol. The lowest BCUT2D eigenvalue weighted by atomic mass is 10.1. The van der Waals surface area contributed by atoms with E-state index in [0.717, 1.165) is 25.7 Å². The van der Waals surface area contributed by atoms with Gasteiger partial charge in [-0.05, 0) is 45.4 Å². The van der Waals surface area contributed by atoms with Gasteiger partial charge in [0, 0.05) is 26.1 Å². The number of likely N-dealkylation sites (tertiary alicyclic amines) is 1. The number of rotatable bonds is 10. The third-order valence-corrected chi connectivity index (χ3v) is 5.56. The third-order valence-electron chi connectivity index (χ3n) is 5.56. The lowest BCUT2D eigenvalue weighted by Crippen LogP contribution is -2.55. The smallest absolute Gasteiger partial charge is 0.332 e. The predicted octanol–water partition coefficient (Wildman–Crippen LogP) is 2.48. The monoisotopic (exact) mass is 391 g/mol. The van der Waals surface area contributed by atoms with Crippen LogP contribution in [-0.2, 0) is 14.3 Å². The predicted molar refractivity (Wildman–Crippen MR) is 108 cm³/mol. The number of ether oxygens (including phenoxy) is 1. The van der Waals surface area contributed by atoms with E-state index in [0.29, 0.717) is 25.9 Å². The van der Waals surface area contributed by atoms with Crippen LogP contribution in [0.4, 0.5) is 4.79 Å². The van der Waals surface area contributed by atoms with Gasteiger partial charge in [0.1, 0.15) is 11.6 Å². The first-order valence-corrected chi connectivity index (χ1v) is 10.2. The van der Waals surface area contributed by atoms with Crippen LogP contribution in [0.1, 0.15) is 45.4 Å². The Morgan fingerprint density at radius 3 is 2.68 bits per heavy atom. The summed E-state index contributed by atoms with van der Waals surface area (Å²) in [6.07, 6.45) is 8.21. The first-order valence-electron chi connectivity index (χ1n) is 10.2. The van der Waals surface area contributed by atoms with Gasteiger partial charge in [-0.2, -0.15) is 0 Å². The quantitative estimate of drug-likeness (QED) is 0.353. The summed E-state index contributed by atoms with van der Waals surface area (Å²) < 4.78 is 5.14. The maximum Gasteiger partial charge on any atom is 0.332 e. The second kappa shape index (κ2) is 9.75. The number of urea groups is 1. The van der Waals surface area contributed by atoms with Gasteiger partial charge in [0.05, 0.1) is 6.61 Å². The van der Waals surface area contributed by atoms with E-state index in [-0.39, 0.29) is 24.5 Å². The molecule has 1 saturated carbocycles. The van der Waals surface area contributed by atoms with Gasteiger partial charge in [-0.15, -0.1) is 13.2 Å². The van der Waals surface area contributed by atoms with Crippen LogP contribution in [0.2, 0.25) is 0 Å². The highest BCUT2D eigenvalue weighted by Crippen LogP contribution is 2.45. The molecule has 1 heterocycles. The number of carbonyl (C=O) groups excluding carboxylic acids is 3. The Morgan fingerprint density at radius 2 is 2.07 bits per heavy atom. The highest BCUT2D eigenvalue weighted by Gasteiger charge is 2.61. The van der Waals surface area contributed by atoms with Crippen molar-refractivity contribution in [3.63, 3.8) is 0 Å². The van der Waals surface area contributed by atoms with Crippen LogP contribution >= 0.6 is 0 Å². The Labute approximate surface area is 167 Å². The largest absolute Gasteiger partial charge is 0.464 e. The minimum absolute atomic E-state index is 0.131. The topological polar surface area (TPSA) is 79.0 Å². The molecule has 0 aromatic carbocycles. The molecule has 2 aliphatic rings. The summed E-state index contributed by atoms with van der Waals surface area (Å²) >= 11 is 0. The van der Waals surface area contributed by atoms with Crippen molar-refractivity contribution < 1.29 is 19.1 Å². The molecule has 2 rings (SSSR count). The molecule has 7 nitrogen and oxygen atoms in total. The second-order valence-electron chi connectivity index (χ2n) is 7.57. The summed E-state index contributed by atoms with van der Waals surface area (Å²) in [4.78, 5) is 41.4. The molecule has 3 amide bonds. The van der Waals surface area contributed by atoms with E-state index in [2.05, 4.69) is 18.5 Å². The summed E-state index contributed by atoms with van der Waals surface area (Å²) in [6.45, 7) is 10.6. The number of unbranched alkanes of at least 4 members (excludes halogenated alkanes) is 2. The van der Waals surface area contributed by atoms with Crippen molar-refractivity contribution in [1.82, 2.24) is 15.1 Å². The van der Waals surface area contributed by atoms with Gasteiger partial charge in [0.25, 0.3) is 0 Å². The molecule has 1 aliphatic carbocycles. The number of nitrogens with zero attached hydrogens (tertiary/aromatic N) is 2. The van der Waals surface area contributed by atoms with Crippen LogP contribution in [0, 0.1) is 5.92 Å². The number of amides is 3. The zero-order valence-corrected chi connectivity index (χ0v) is 17.1. The second-order valence-corrected chi connectivity index (χ2v) is 7.57. The van der Waals surface area contributed by atoms with Crippen molar-refractivity contribution in [1.29, 1.82) is 0 Å². The highest BCUT2D eigenvalue weighted by molar-refractivity contribution is 5.95. The lowest BCUT2D eigenvalue weighted by molar-refractivity contribution is -0.149. The molecule has 0 bridgehead atoms. The Bertz CT molecular complexity index is 621. The first-order chi connectivity index (χ1) is 13.4. The summed E-state index contributed by atoms with van der Waals surface area (Å²) in [5.74, 6) is -0.847. The van der Waals surface area contributed by atoms with E-state index in [1.807, 2.05) is 6.08 Å². The number of hydrogen-bond acceptors (Lipinski definition) is 4. The molecule has 28 heavy (non-hydrogen) atoms. The maximum absolute atomic E-state index is 12.9. The van der Waals surface area contributed by atoms with Crippen LogP contribution in [0.5, 0.6) is 0 Å². The molecular formula is C21H33N3O4. The van der Waals surface area contributed by atoms with Gasteiger partial charge >= 0.3 is 12.0 Å². The lowest BCUT2D eigenvalue weighted by Gasteiger charge is -2.30. The molecule has 0 unspecified atom stereocenters. The molecule has 0 aromatic rings. The van der Waals surface area contributed by atoms with Crippen LogP contribution in [0.3, 0.4) is 0 Å². The van der Waals surface area contributed by atoms with Gasteiger partial charge in [0.2, 0.25) is 5.91 Å². The molecule has 0 spiro atoms. The SMILES string of the molecule is C=CCCCCN(C)C(=O)N1CCC[C@H]1C(=O)N[C@]1(C(=O)OCC)C[C@H]1C=C. The minimum Gasteiger partial charge on any atom is -0.464 e. The van der Waals surface area contributed by atoms with Crippen LogP contribution in [0.15, 0.2) is 25.3 Å². The van der Waals surface area contributed by atoms with Crippen molar-refractivity contribution in [2.45, 2.75) is 57.0 Å².